The molecule has 6 heteroatoms. The molecule has 31 heavy (non-hydrogen) atoms. The predicted octanol–water partition coefficient (Wildman–Crippen LogP) is 3.48. The van der Waals surface area contributed by atoms with Gasteiger partial charge in [-0.05, 0) is 47.4 Å². The lowest BCUT2D eigenvalue weighted by molar-refractivity contribution is -0.147. The summed E-state index contributed by atoms with van der Waals surface area (Å²) in [7, 11) is 0. The summed E-state index contributed by atoms with van der Waals surface area (Å²) in [4.78, 5) is 38.6. The number of fused-ring (bicyclic) bond motifs is 2. The number of hydrogen-bond donors (Lipinski definition) is 1. The molecular formula is C25H24N2O4. The zero-order valence-electron chi connectivity index (χ0n) is 17.2. The Balaban J connectivity index is 1.23. The van der Waals surface area contributed by atoms with Gasteiger partial charge in [-0.25, -0.2) is 0 Å². The van der Waals surface area contributed by atoms with Gasteiger partial charge in [0, 0.05) is 24.3 Å². The SMILES string of the molecule is O=C(CCNC(=O)c1ccc2ccccc2c1)OCC(=O)N1CCCc2ccccc21. The zero-order valence-corrected chi connectivity index (χ0v) is 17.2. The molecular weight excluding hydrogens is 392 g/mol. The van der Waals surface area contributed by atoms with Crippen molar-refractivity contribution in [3.63, 3.8) is 0 Å². The van der Waals surface area contributed by atoms with Crippen molar-refractivity contribution in [2.75, 3.05) is 24.6 Å². The molecule has 1 heterocycles. The van der Waals surface area contributed by atoms with Crippen molar-refractivity contribution in [1.82, 2.24) is 5.32 Å². The lowest BCUT2D eigenvalue weighted by Gasteiger charge is -2.29. The summed E-state index contributed by atoms with van der Waals surface area (Å²) in [6.07, 6.45) is 1.83. The summed E-state index contributed by atoms with van der Waals surface area (Å²) < 4.78 is 5.14. The fourth-order valence-electron chi connectivity index (χ4n) is 3.80. The maximum atomic E-state index is 12.5. The largest absolute Gasteiger partial charge is 0.455 e. The second-order valence-corrected chi connectivity index (χ2v) is 7.51. The molecule has 1 aliphatic heterocycles. The Morgan fingerprint density at radius 3 is 2.58 bits per heavy atom. The van der Waals surface area contributed by atoms with Crippen molar-refractivity contribution in [1.29, 1.82) is 0 Å². The highest BCUT2D eigenvalue weighted by atomic mass is 16.5. The van der Waals surface area contributed by atoms with E-state index in [4.69, 9.17) is 4.74 Å². The molecule has 2 amide bonds. The molecule has 0 bridgehead atoms. The number of carbonyl (C=O) groups excluding carboxylic acids is 3. The number of amides is 2. The number of rotatable bonds is 6. The molecule has 0 atom stereocenters. The van der Waals surface area contributed by atoms with Crippen LogP contribution in [0, 0.1) is 0 Å². The normalized spacial score (nSPS) is 12.8. The number of aryl methyl sites for hydroxylation is 1. The van der Waals surface area contributed by atoms with Crippen molar-refractivity contribution in [2.45, 2.75) is 19.3 Å². The number of carbonyl (C=O) groups is 3. The van der Waals surface area contributed by atoms with Crippen molar-refractivity contribution in [3.05, 3.63) is 77.9 Å². The molecule has 0 radical (unpaired) electrons. The molecule has 6 nitrogen and oxygen atoms in total. The summed E-state index contributed by atoms with van der Waals surface area (Å²) in [6.45, 7) is 0.465. The van der Waals surface area contributed by atoms with Gasteiger partial charge in [-0.2, -0.15) is 0 Å². The van der Waals surface area contributed by atoms with Crippen LogP contribution in [-0.2, 0) is 20.7 Å². The second-order valence-electron chi connectivity index (χ2n) is 7.51. The van der Waals surface area contributed by atoms with E-state index >= 15 is 0 Å². The highest BCUT2D eigenvalue weighted by molar-refractivity contribution is 5.99. The third kappa shape index (κ3) is 4.91. The Kier molecular flexibility index (Phi) is 6.26. The Hall–Kier alpha value is -3.67. The third-order valence-electron chi connectivity index (χ3n) is 5.39. The molecule has 3 aromatic rings. The fraction of sp³-hybridized carbons (Fsp3) is 0.240. The minimum atomic E-state index is -0.516. The van der Waals surface area contributed by atoms with E-state index in [1.54, 1.807) is 11.0 Å². The molecule has 158 valence electrons. The van der Waals surface area contributed by atoms with Gasteiger partial charge in [-0.3, -0.25) is 14.4 Å². The van der Waals surface area contributed by atoms with Crippen LogP contribution in [0.3, 0.4) is 0 Å². The van der Waals surface area contributed by atoms with Crippen LogP contribution >= 0.6 is 0 Å². The monoisotopic (exact) mass is 416 g/mol. The van der Waals surface area contributed by atoms with Gasteiger partial charge in [0.1, 0.15) is 0 Å². The van der Waals surface area contributed by atoms with Crippen molar-refractivity contribution < 1.29 is 19.1 Å². The highest BCUT2D eigenvalue weighted by Gasteiger charge is 2.23. The molecule has 1 N–H and O–H groups in total. The lowest BCUT2D eigenvalue weighted by atomic mass is 10.0. The average molecular weight is 416 g/mol. The molecule has 0 saturated heterocycles. The summed E-state index contributed by atoms with van der Waals surface area (Å²) in [5, 5.41) is 4.76. The third-order valence-corrected chi connectivity index (χ3v) is 5.39. The van der Waals surface area contributed by atoms with Gasteiger partial charge < -0.3 is 15.0 Å². The number of hydrogen-bond acceptors (Lipinski definition) is 4. The number of benzene rings is 3. The van der Waals surface area contributed by atoms with Gasteiger partial charge in [0.25, 0.3) is 11.8 Å². The van der Waals surface area contributed by atoms with Crippen LogP contribution in [-0.4, -0.2) is 37.5 Å². The molecule has 0 aliphatic carbocycles. The average Bonchev–Trinajstić information content (AvgIpc) is 2.81. The summed E-state index contributed by atoms with van der Waals surface area (Å²) in [5.74, 6) is -1.00. The minimum Gasteiger partial charge on any atom is -0.455 e. The smallest absolute Gasteiger partial charge is 0.308 e. The number of nitrogens with zero attached hydrogens (tertiary/aromatic N) is 1. The van der Waals surface area contributed by atoms with Gasteiger partial charge >= 0.3 is 5.97 Å². The van der Waals surface area contributed by atoms with Crippen LogP contribution in [0.1, 0.15) is 28.8 Å². The number of esters is 1. The van der Waals surface area contributed by atoms with Gasteiger partial charge in [-0.15, -0.1) is 0 Å². The van der Waals surface area contributed by atoms with Crippen molar-refractivity contribution >= 4 is 34.2 Å². The van der Waals surface area contributed by atoms with Crippen LogP contribution in [0.25, 0.3) is 10.8 Å². The standard InChI is InChI=1S/C25H24N2O4/c28-23(27-15-5-9-19-7-3-4-10-22(19)27)17-31-24(29)13-14-26-25(30)21-12-11-18-6-1-2-8-20(18)16-21/h1-4,6-8,10-12,16H,5,9,13-15,17H2,(H,26,30). The maximum absolute atomic E-state index is 12.5. The lowest BCUT2D eigenvalue weighted by Crippen LogP contribution is -2.38. The number of para-hydroxylation sites is 1. The first kappa shape index (κ1) is 20.6. The molecule has 0 unspecified atom stereocenters. The van der Waals surface area contributed by atoms with Gasteiger partial charge in [0.2, 0.25) is 0 Å². The summed E-state index contributed by atoms with van der Waals surface area (Å²) in [5.41, 5.74) is 2.55. The number of anilines is 1. The van der Waals surface area contributed by atoms with Gasteiger partial charge in [0.15, 0.2) is 6.61 Å². The fourth-order valence-corrected chi connectivity index (χ4v) is 3.80. The molecule has 4 rings (SSSR count). The van der Waals surface area contributed by atoms with E-state index in [-0.39, 0.29) is 31.4 Å². The van der Waals surface area contributed by atoms with E-state index in [0.29, 0.717) is 12.1 Å². The quantitative estimate of drug-likeness (QED) is 0.624. The van der Waals surface area contributed by atoms with Gasteiger partial charge in [0.05, 0.1) is 6.42 Å². The molecule has 3 aromatic carbocycles. The van der Waals surface area contributed by atoms with Crippen molar-refractivity contribution in [2.24, 2.45) is 0 Å². The molecule has 1 aliphatic rings. The van der Waals surface area contributed by atoms with E-state index in [2.05, 4.69) is 5.32 Å². The number of nitrogens with one attached hydrogen (secondary N) is 1. The van der Waals surface area contributed by atoms with E-state index < -0.39 is 5.97 Å². The van der Waals surface area contributed by atoms with E-state index in [1.165, 1.54) is 0 Å². The summed E-state index contributed by atoms with van der Waals surface area (Å²) >= 11 is 0. The first-order valence-electron chi connectivity index (χ1n) is 10.4. The molecule has 0 fully saturated rings. The van der Waals surface area contributed by atoms with E-state index in [1.807, 2.05) is 60.7 Å². The Morgan fingerprint density at radius 1 is 0.935 bits per heavy atom. The molecule has 0 spiro atoms. The topological polar surface area (TPSA) is 75.7 Å². The Bertz CT molecular complexity index is 1130. The van der Waals surface area contributed by atoms with Crippen LogP contribution in [0.2, 0.25) is 0 Å². The first-order chi connectivity index (χ1) is 15.1. The van der Waals surface area contributed by atoms with Gasteiger partial charge in [-0.1, -0.05) is 48.5 Å². The van der Waals surface area contributed by atoms with Crippen LogP contribution in [0.4, 0.5) is 5.69 Å². The first-order valence-corrected chi connectivity index (χ1v) is 10.4. The van der Waals surface area contributed by atoms with Crippen LogP contribution in [0.5, 0.6) is 0 Å². The zero-order chi connectivity index (χ0) is 21.6. The Morgan fingerprint density at radius 2 is 1.71 bits per heavy atom. The van der Waals surface area contributed by atoms with Crippen LogP contribution in [0.15, 0.2) is 66.7 Å². The highest BCUT2D eigenvalue weighted by Crippen LogP contribution is 2.26. The Labute approximate surface area is 180 Å². The summed E-state index contributed by atoms with van der Waals surface area (Å²) in [6, 6.07) is 21.0. The second kappa shape index (κ2) is 9.43. The van der Waals surface area contributed by atoms with Crippen LogP contribution < -0.4 is 10.2 Å². The minimum absolute atomic E-state index is 0.00316. The number of ether oxygens (including phenoxy) is 1. The molecule has 0 aromatic heterocycles. The molecule has 0 saturated carbocycles. The van der Waals surface area contributed by atoms with Crippen molar-refractivity contribution in [3.8, 4) is 0 Å². The predicted molar refractivity (Wildman–Crippen MR) is 119 cm³/mol. The maximum Gasteiger partial charge on any atom is 0.308 e. The van der Waals surface area contributed by atoms with E-state index in [9.17, 15) is 14.4 Å². The van der Waals surface area contributed by atoms with E-state index in [0.717, 1.165) is 34.9 Å².